The van der Waals surface area contributed by atoms with Gasteiger partial charge in [-0.05, 0) is 31.5 Å². The molecule has 4 aromatic rings. The molecule has 0 saturated heterocycles. The third-order valence-electron chi connectivity index (χ3n) is 10.4. The number of pyridine rings is 2. The topological polar surface area (TPSA) is 169 Å². The number of cyclic esters (lactones) is 1. The van der Waals surface area contributed by atoms with Crippen molar-refractivity contribution in [3.63, 3.8) is 0 Å². The van der Waals surface area contributed by atoms with Crippen molar-refractivity contribution in [3.8, 4) is 11.4 Å². The number of benzene rings is 1. The monoisotopic (exact) mass is 723 g/mol. The molecule has 2 aliphatic heterocycles. The summed E-state index contributed by atoms with van der Waals surface area (Å²) in [5.74, 6) is -1.77. The van der Waals surface area contributed by atoms with E-state index in [0.717, 1.165) is 22.5 Å². The molecule has 0 bridgehead atoms. The van der Waals surface area contributed by atoms with Crippen LogP contribution in [-0.4, -0.2) is 87.9 Å². The third kappa shape index (κ3) is 5.54. The average Bonchev–Trinajstić information content (AvgIpc) is 3.64. The summed E-state index contributed by atoms with van der Waals surface area (Å²) >= 11 is 0. The van der Waals surface area contributed by atoms with E-state index in [-0.39, 0.29) is 66.4 Å². The Morgan fingerprint density at radius 1 is 1.04 bits per heavy atom. The van der Waals surface area contributed by atoms with E-state index in [1.807, 2.05) is 30.3 Å². The maximum Gasteiger partial charge on any atom is 0.411 e. The number of rotatable bonds is 8. The van der Waals surface area contributed by atoms with Gasteiger partial charge in [0.15, 0.2) is 5.76 Å². The number of carbonyl (C=O) groups excluding carboxylic acids is 5. The smallest absolute Gasteiger partial charge is 0.411 e. The maximum atomic E-state index is 13.8. The number of methoxy groups -OCH3 is 1. The molecule has 3 aliphatic rings. The minimum absolute atomic E-state index is 0.00964. The molecule has 1 aliphatic carbocycles. The molecule has 7 rings (SSSR count). The van der Waals surface area contributed by atoms with E-state index in [9.17, 15) is 28.8 Å². The molecule has 0 N–H and O–H groups in total. The van der Waals surface area contributed by atoms with Gasteiger partial charge in [0.25, 0.3) is 5.56 Å². The number of nitrogens with zero attached hydrogens (tertiary/aromatic N) is 5. The molecule has 1 aromatic carbocycles. The minimum atomic E-state index is -1.90. The van der Waals surface area contributed by atoms with Crippen LogP contribution in [0.25, 0.3) is 22.3 Å². The highest BCUT2D eigenvalue weighted by atomic mass is 16.6. The van der Waals surface area contributed by atoms with Crippen molar-refractivity contribution in [2.75, 3.05) is 34.3 Å². The second-order valence-electron chi connectivity index (χ2n) is 13.3. The zero-order valence-electron chi connectivity index (χ0n) is 30.1. The van der Waals surface area contributed by atoms with Gasteiger partial charge in [0.2, 0.25) is 17.2 Å². The fourth-order valence-electron chi connectivity index (χ4n) is 7.14. The zero-order valence-corrected chi connectivity index (χ0v) is 30.1. The van der Waals surface area contributed by atoms with E-state index < -0.39 is 35.3 Å². The Balaban J connectivity index is 1.05. The lowest BCUT2D eigenvalue weighted by Gasteiger charge is -2.36. The first-order valence-corrected chi connectivity index (χ1v) is 17.0. The molecule has 3 aromatic heterocycles. The number of likely N-dealkylation sites (N-methyl/N-ethyl adjacent to an activating group) is 2. The van der Waals surface area contributed by atoms with Gasteiger partial charge in [-0.3, -0.25) is 14.4 Å². The van der Waals surface area contributed by atoms with Crippen LogP contribution < -0.4 is 5.56 Å². The van der Waals surface area contributed by atoms with Crippen molar-refractivity contribution >= 4 is 40.6 Å². The average molecular weight is 724 g/mol. The molecule has 274 valence electrons. The lowest BCUT2D eigenvalue weighted by molar-refractivity contribution is -0.173. The first-order chi connectivity index (χ1) is 25.3. The number of hydrogen-bond donors (Lipinski definition) is 0. The van der Waals surface area contributed by atoms with Crippen molar-refractivity contribution in [3.05, 3.63) is 97.8 Å². The summed E-state index contributed by atoms with van der Waals surface area (Å²) in [6.07, 6.45) is -0.492. The summed E-state index contributed by atoms with van der Waals surface area (Å²) < 4.78 is 25.2. The zero-order chi connectivity index (χ0) is 37.9. The number of fused-ring (bicyclic) bond motifs is 6. The number of esters is 1. The second kappa shape index (κ2) is 13.1. The molecule has 0 saturated carbocycles. The summed E-state index contributed by atoms with van der Waals surface area (Å²) in [5, 5.41) is 0.937. The predicted octanol–water partition coefficient (Wildman–Crippen LogP) is 3.98. The van der Waals surface area contributed by atoms with Crippen molar-refractivity contribution in [2.24, 2.45) is 7.05 Å². The van der Waals surface area contributed by atoms with E-state index in [0.29, 0.717) is 29.2 Å². The van der Waals surface area contributed by atoms with Crippen LogP contribution in [0, 0.1) is 6.92 Å². The molecule has 53 heavy (non-hydrogen) atoms. The van der Waals surface area contributed by atoms with Gasteiger partial charge in [-0.2, -0.15) is 0 Å². The molecular formula is C38H37N5O10. The number of allylic oxidation sites excluding steroid dienone is 2. The summed E-state index contributed by atoms with van der Waals surface area (Å²) in [5.41, 5.74) is 2.24. The van der Waals surface area contributed by atoms with E-state index in [1.54, 1.807) is 36.1 Å². The Morgan fingerprint density at radius 2 is 1.75 bits per heavy atom. The first kappa shape index (κ1) is 35.2. The quantitative estimate of drug-likeness (QED) is 0.168. The first-order valence-electron chi connectivity index (χ1n) is 17.0. The number of carbonyl (C=O) groups is 5. The van der Waals surface area contributed by atoms with Gasteiger partial charge in [0.05, 0.1) is 41.7 Å². The highest BCUT2D eigenvalue weighted by molar-refractivity contribution is 6.24. The van der Waals surface area contributed by atoms with E-state index in [2.05, 4.69) is 0 Å². The van der Waals surface area contributed by atoms with Crippen molar-refractivity contribution in [1.29, 1.82) is 0 Å². The van der Waals surface area contributed by atoms with Crippen LogP contribution in [0.5, 0.6) is 0 Å². The number of aromatic nitrogens is 3. The Hall–Kier alpha value is -6.25. The fourth-order valence-corrected chi connectivity index (χ4v) is 7.14. The Kier molecular flexibility index (Phi) is 8.67. The van der Waals surface area contributed by atoms with Crippen LogP contribution in [0.15, 0.2) is 53.0 Å². The number of hydrogen-bond acceptors (Lipinski definition) is 11. The van der Waals surface area contributed by atoms with Crippen molar-refractivity contribution in [2.45, 2.75) is 45.6 Å². The maximum absolute atomic E-state index is 13.8. The number of ether oxygens (including phenoxy) is 4. The molecule has 0 spiro atoms. The largest absolute Gasteiger partial charge is 0.492 e. The summed E-state index contributed by atoms with van der Waals surface area (Å²) in [6, 6.07) is 11.3. The van der Waals surface area contributed by atoms with Crippen LogP contribution in [-0.2, 0) is 56.1 Å². The van der Waals surface area contributed by atoms with Gasteiger partial charge in [0, 0.05) is 68.1 Å². The SMILES string of the molecule is CC[C@@]1(OC(=O)N(C)CCN(C)C(=O)OCc2c3c(n(C)c2C)C(=O)C=C(OC)C3=O)C(=O)OCc2c1cc1n(c2=O)Cc2cc3ccccc3nc2-1. The summed E-state index contributed by atoms with van der Waals surface area (Å²) in [6.45, 7) is 3.13. The molecule has 15 nitrogen and oxygen atoms in total. The number of para-hydroxylation sites is 1. The molecular weight excluding hydrogens is 686 g/mol. The lowest BCUT2D eigenvalue weighted by atomic mass is 9.85. The number of amides is 2. The Morgan fingerprint density at radius 3 is 2.47 bits per heavy atom. The van der Waals surface area contributed by atoms with Crippen LogP contribution in [0.1, 0.15) is 62.1 Å². The highest BCUT2D eigenvalue weighted by Crippen LogP contribution is 2.41. The Labute approximate surface area is 303 Å². The molecule has 0 fully saturated rings. The normalized spacial score (nSPS) is 16.9. The fraction of sp³-hybridized carbons (Fsp3) is 0.342. The van der Waals surface area contributed by atoms with Gasteiger partial charge in [-0.1, -0.05) is 25.1 Å². The second-order valence-corrected chi connectivity index (χ2v) is 13.3. The summed E-state index contributed by atoms with van der Waals surface area (Å²) in [4.78, 5) is 86.9. The Bertz CT molecular complexity index is 2370. The van der Waals surface area contributed by atoms with E-state index >= 15 is 0 Å². The molecule has 1 atom stereocenters. The number of ketones is 2. The number of Topliss-reactive ketones (excluding diaryl/α,β-unsaturated/α-hetero) is 1. The van der Waals surface area contributed by atoms with Crippen molar-refractivity contribution in [1.82, 2.24) is 23.9 Å². The van der Waals surface area contributed by atoms with Gasteiger partial charge in [-0.15, -0.1) is 0 Å². The molecule has 15 heteroatoms. The highest BCUT2D eigenvalue weighted by Gasteiger charge is 2.51. The van der Waals surface area contributed by atoms with Crippen molar-refractivity contribution < 1.29 is 42.9 Å². The van der Waals surface area contributed by atoms with Gasteiger partial charge in [-0.25, -0.2) is 19.4 Å². The molecule has 0 radical (unpaired) electrons. The van der Waals surface area contributed by atoms with Crippen LogP contribution in [0.3, 0.4) is 0 Å². The van der Waals surface area contributed by atoms with E-state index in [4.69, 9.17) is 23.9 Å². The van der Waals surface area contributed by atoms with Gasteiger partial charge < -0.3 is 37.9 Å². The molecule has 2 amide bonds. The van der Waals surface area contributed by atoms with Gasteiger partial charge >= 0.3 is 18.2 Å². The molecule has 5 heterocycles. The third-order valence-corrected chi connectivity index (χ3v) is 10.4. The van der Waals surface area contributed by atoms with Crippen LogP contribution in [0.4, 0.5) is 9.59 Å². The van der Waals surface area contributed by atoms with Crippen LogP contribution >= 0.6 is 0 Å². The molecule has 0 unspecified atom stereocenters. The summed E-state index contributed by atoms with van der Waals surface area (Å²) in [7, 11) is 5.87. The minimum Gasteiger partial charge on any atom is -0.492 e. The van der Waals surface area contributed by atoms with Gasteiger partial charge in [0.1, 0.15) is 18.9 Å². The standard InChI is InChI=1S/C38H37N5O10/c1-7-38(25-15-27-31-22(14-21-10-8-9-11-26(21)39-31)17-43(27)34(46)24(25)19-51-35(38)47)53-37(49)41(4)13-12-40(3)36(48)52-18-23-20(2)42(5)32-28(44)16-29(50-6)33(45)30(23)32/h8-11,14-16H,7,12-13,17-19H2,1-6H3/t38-/m0/s1. The van der Waals surface area contributed by atoms with Crippen LogP contribution in [0.2, 0.25) is 0 Å². The predicted molar refractivity (Wildman–Crippen MR) is 188 cm³/mol. The van der Waals surface area contributed by atoms with E-state index in [1.165, 1.54) is 31.0 Å². The lowest BCUT2D eigenvalue weighted by Crippen LogP contribution is -2.49.